The third-order valence-electron chi connectivity index (χ3n) is 4.28. The van der Waals surface area contributed by atoms with E-state index in [9.17, 15) is 14.4 Å². The first-order chi connectivity index (χ1) is 16.3. The van der Waals surface area contributed by atoms with E-state index in [2.05, 4.69) is 21.2 Å². The van der Waals surface area contributed by atoms with Crippen molar-refractivity contribution in [3.63, 3.8) is 0 Å². The van der Waals surface area contributed by atoms with Crippen molar-refractivity contribution in [2.75, 3.05) is 17.2 Å². The van der Waals surface area contributed by atoms with Crippen LogP contribution in [0.4, 0.5) is 11.4 Å². The van der Waals surface area contributed by atoms with Crippen LogP contribution in [0.3, 0.4) is 0 Å². The van der Waals surface area contributed by atoms with E-state index in [1.54, 1.807) is 60.7 Å². The van der Waals surface area contributed by atoms with Crippen molar-refractivity contribution in [1.82, 2.24) is 5.43 Å². The van der Waals surface area contributed by atoms with Gasteiger partial charge in [-0.1, -0.05) is 47.5 Å². The van der Waals surface area contributed by atoms with Crippen molar-refractivity contribution in [2.45, 2.75) is 6.92 Å². The number of para-hydroxylation sites is 1. The van der Waals surface area contributed by atoms with Gasteiger partial charge in [0.15, 0.2) is 6.61 Å². The van der Waals surface area contributed by atoms with Gasteiger partial charge >= 0.3 is 11.8 Å². The Bertz CT molecular complexity index is 1230. The van der Waals surface area contributed by atoms with Crippen LogP contribution in [0, 0.1) is 6.92 Å². The average molecular weight is 499 g/mol. The van der Waals surface area contributed by atoms with Gasteiger partial charge in [-0.3, -0.25) is 14.4 Å². The number of rotatable bonds is 7. The van der Waals surface area contributed by atoms with E-state index in [0.717, 1.165) is 5.56 Å². The number of benzene rings is 3. The minimum Gasteiger partial charge on any atom is -0.483 e. The zero-order chi connectivity index (χ0) is 24.5. The van der Waals surface area contributed by atoms with Gasteiger partial charge in [0.2, 0.25) is 0 Å². The number of hydrogen-bond acceptors (Lipinski definition) is 5. The highest BCUT2D eigenvalue weighted by Gasteiger charge is 2.13. The molecule has 0 aliphatic heterocycles. The first-order valence-electron chi connectivity index (χ1n) is 9.99. The normalized spacial score (nSPS) is 10.6. The molecule has 0 saturated heterocycles. The van der Waals surface area contributed by atoms with E-state index >= 15 is 0 Å². The second kappa shape index (κ2) is 11.8. The van der Waals surface area contributed by atoms with Gasteiger partial charge in [0.05, 0.1) is 6.21 Å². The molecule has 3 aromatic rings. The molecule has 34 heavy (non-hydrogen) atoms. The number of anilines is 2. The van der Waals surface area contributed by atoms with Gasteiger partial charge < -0.3 is 15.4 Å². The van der Waals surface area contributed by atoms with Crippen molar-refractivity contribution in [2.24, 2.45) is 5.10 Å². The van der Waals surface area contributed by atoms with Crippen molar-refractivity contribution < 1.29 is 19.1 Å². The number of amides is 3. The monoisotopic (exact) mass is 498 g/mol. The molecule has 10 heteroatoms. The van der Waals surface area contributed by atoms with Gasteiger partial charge in [0.1, 0.15) is 5.75 Å². The van der Waals surface area contributed by atoms with Crippen molar-refractivity contribution in [1.29, 1.82) is 0 Å². The van der Waals surface area contributed by atoms with E-state index in [4.69, 9.17) is 27.9 Å². The number of halogens is 2. The zero-order valence-corrected chi connectivity index (χ0v) is 19.5. The molecule has 0 saturated carbocycles. The van der Waals surface area contributed by atoms with Gasteiger partial charge in [-0.2, -0.15) is 5.10 Å². The fourth-order valence-corrected chi connectivity index (χ4v) is 3.33. The molecule has 0 spiro atoms. The molecule has 0 bridgehead atoms. The van der Waals surface area contributed by atoms with Crippen LogP contribution in [0.25, 0.3) is 0 Å². The first-order valence-corrected chi connectivity index (χ1v) is 10.7. The summed E-state index contributed by atoms with van der Waals surface area (Å²) in [6.07, 6.45) is 1.31. The van der Waals surface area contributed by atoms with E-state index in [0.29, 0.717) is 32.7 Å². The number of hydrogen-bond donors (Lipinski definition) is 3. The number of hydrazone groups is 1. The largest absolute Gasteiger partial charge is 0.483 e. The summed E-state index contributed by atoms with van der Waals surface area (Å²) in [5.74, 6) is -1.86. The van der Waals surface area contributed by atoms with E-state index < -0.39 is 17.7 Å². The number of carbonyl (C=O) groups excluding carboxylic acids is 3. The van der Waals surface area contributed by atoms with Gasteiger partial charge in [0.25, 0.3) is 5.91 Å². The van der Waals surface area contributed by atoms with Crippen molar-refractivity contribution in [3.8, 4) is 5.75 Å². The summed E-state index contributed by atoms with van der Waals surface area (Å²) in [6.45, 7) is 1.58. The van der Waals surface area contributed by atoms with Gasteiger partial charge in [-0.15, -0.1) is 0 Å². The Balaban J connectivity index is 1.54. The molecule has 3 amide bonds. The lowest BCUT2D eigenvalue weighted by Gasteiger charge is -2.10. The number of nitrogens with one attached hydrogen (secondary N) is 3. The molecule has 8 nitrogen and oxygen atoms in total. The van der Waals surface area contributed by atoms with Crippen LogP contribution in [0.2, 0.25) is 10.0 Å². The number of aryl methyl sites for hydroxylation is 1. The molecular formula is C24H20Cl2N4O4. The lowest BCUT2D eigenvalue weighted by molar-refractivity contribution is -0.136. The Morgan fingerprint density at radius 1 is 0.882 bits per heavy atom. The highest BCUT2D eigenvalue weighted by atomic mass is 35.5. The number of carbonyl (C=O) groups is 3. The Kier molecular flexibility index (Phi) is 8.61. The SMILES string of the molecule is Cc1cccc(NC(=O)C(=O)N/N=C\c2ccccc2OCC(=O)Nc2cc(Cl)cc(Cl)c2)c1. The Morgan fingerprint density at radius 3 is 2.35 bits per heavy atom. The Morgan fingerprint density at radius 2 is 1.62 bits per heavy atom. The molecule has 0 heterocycles. The molecule has 3 rings (SSSR count). The minimum absolute atomic E-state index is 0.291. The lowest BCUT2D eigenvalue weighted by atomic mass is 10.2. The van der Waals surface area contributed by atoms with Crippen LogP contribution in [0.15, 0.2) is 71.8 Å². The smallest absolute Gasteiger partial charge is 0.329 e. The maximum absolute atomic E-state index is 12.2. The molecule has 0 aromatic heterocycles. The number of nitrogens with zero attached hydrogens (tertiary/aromatic N) is 1. The molecule has 0 aliphatic carbocycles. The Labute approximate surface area is 205 Å². The van der Waals surface area contributed by atoms with E-state index in [-0.39, 0.29) is 6.61 Å². The average Bonchev–Trinajstić information content (AvgIpc) is 2.77. The third-order valence-corrected chi connectivity index (χ3v) is 4.71. The minimum atomic E-state index is -0.935. The molecule has 0 atom stereocenters. The summed E-state index contributed by atoms with van der Waals surface area (Å²) in [4.78, 5) is 36.2. The van der Waals surface area contributed by atoms with E-state index in [1.807, 2.05) is 13.0 Å². The van der Waals surface area contributed by atoms with Crippen LogP contribution in [-0.4, -0.2) is 30.5 Å². The highest BCUT2D eigenvalue weighted by Crippen LogP contribution is 2.22. The molecule has 0 radical (unpaired) electrons. The van der Waals surface area contributed by atoms with Gasteiger partial charge in [0, 0.05) is 27.0 Å². The molecule has 0 aliphatic rings. The molecular weight excluding hydrogens is 479 g/mol. The predicted molar refractivity (Wildman–Crippen MR) is 133 cm³/mol. The first kappa shape index (κ1) is 24.8. The fourth-order valence-electron chi connectivity index (χ4n) is 2.81. The second-order valence-corrected chi connectivity index (χ2v) is 7.93. The number of ether oxygens (including phenoxy) is 1. The second-order valence-electron chi connectivity index (χ2n) is 7.06. The van der Waals surface area contributed by atoms with Crippen LogP contribution < -0.4 is 20.8 Å². The fraction of sp³-hybridized carbons (Fsp3) is 0.0833. The molecule has 0 unspecified atom stereocenters. The van der Waals surface area contributed by atoms with Crippen LogP contribution in [-0.2, 0) is 14.4 Å². The quantitative estimate of drug-likeness (QED) is 0.254. The summed E-state index contributed by atoms with van der Waals surface area (Å²) in [6, 6.07) is 18.5. The summed E-state index contributed by atoms with van der Waals surface area (Å²) < 4.78 is 5.57. The molecule has 3 N–H and O–H groups in total. The van der Waals surface area contributed by atoms with Crippen molar-refractivity contribution in [3.05, 3.63) is 87.9 Å². The third kappa shape index (κ3) is 7.61. The zero-order valence-electron chi connectivity index (χ0n) is 18.0. The standard InChI is InChI=1S/C24H20Cl2N4O4/c1-15-5-4-7-19(9-15)29-23(32)24(33)30-27-13-16-6-2-3-8-21(16)34-14-22(31)28-20-11-17(25)10-18(26)12-20/h2-13H,14H2,1H3,(H,28,31)(H,29,32)(H,30,33)/b27-13-. The van der Waals surface area contributed by atoms with Gasteiger partial charge in [-0.25, -0.2) is 5.43 Å². The molecule has 0 fully saturated rings. The summed E-state index contributed by atoms with van der Waals surface area (Å²) in [7, 11) is 0. The van der Waals surface area contributed by atoms with Crippen LogP contribution in [0.1, 0.15) is 11.1 Å². The van der Waals surface area contributed by atoms with Crippen molar-refractivity contribution >= 4 is 58.5 Å². The topological polar surface area (TPSA) is 109 Å². The molecule has 174 valence electrons. The summed E-state index contributed by atoms with van der Waals surface area (Å²) >= 11 is 11.9. The maximum Gasteiger partial charge on any atom is 0.329 e. The molecule has 3 aromatic carbocycles. The van der Waals surface area contributed by atoms with Gasteiger partial charge in [-0.05, 0) is 55.0 Å². The predicted octanol–water partition coefficient (Wildman–Crippen LogP) is 4.41. The maximum atomic E-state index is 12.2. The van der Waals surface area contributed by atoms with Crippen LogP contribution >= 0.6 is 23.2 Å². The summed E-state index contributed by atoms with van der Waals surface area (Å²) in [5.41, 5.74) is 4.53. The lowest BCUT2D eigenvalue weighted by Crippen LogP contribution is -2.32. The van der Waals surface area contributed by atoms with Crippen LogP contribution in [0.5, 0.6) is 5.75 Å². The Hall–Kier alpha value is -3.88. The van der Waals surface area contributed by atoms with E-state index in [1.165, 1.54) is 6.21 Å². The summed E-state index contributed by atoms with van der Waals surface area (Å²) in [5, 5.41) is 9.71. The highest BCUT2D eigenvalue weighted by molar-refractivity contribution is 6.39.